The molecule has 0 bridgehead atoms. The highest BCUT2D eigenvalue weighted by Crippen LogP contribution is 2.09. The Morgan fingerprint density at radius 2 is 2.16 bits per heavy atom. The second-order valence-electron chi connectivity index (χ2n) is 4.76. The maximum absolute atomic E-state index is 13.4. The molecule has 3 nitrogen and oxygen atoms in total. The predicted molar refractivity (Wildman–Crippen MR) is 78.9 cm³/mol. The van der Waals surface area contributed by atoms with Gasteiger partial charge in [-0.05, 0) is 30.5 Å². The van der Waals surface area contributed by atoms with Crippen LogP contribution in [-0.2, 0) is 6.54 Å². The van der Waals surface area contributed by atoms with Crippen LogP contribution >= 0.6 is 0 Å². The maximum atomic E-state index is 13.4. The van der Waals surface area contributed by atoms with E-state index in [2.05, 4.69) is 22.1 Å². The minimum Gasteiger partial charge on any atom is -0.352 e. The molecule has 1 N–H and O–H groups in total. The molecule has 0 amide bonds. The lowest BCUT2D eigenvalue weighted by molar-refractivity contribution is 0.464. The monoisotopic (exact) mass is 265 g/mol. The van der Waals surface area contributed by atoms with Crippen LogP contribution in [0, 0.1) is 12.7 Å². The van der Waals surface area contributed by atoms with Crippen LogP contribution in [0.4, 0.5) is 4.39 Å². The van der Waals surface area contributed by atoms with Crippen LogP contribution in [0.25, 0.3) is 0 Å². The van der Waals surface area contributed by atoms with Gasteiger partial charge in [-0.25, -0.2) is 4.39 Å². The van der Waals surface area contributed by atoms with E-state index in [9.17, 15) is 4.39 Å². The third kappa shape index (κ3) is 4.89. The first kappa shape index (κ1) is 15.5. The first-order valence-corrected chi connectivity index (χ1v) is 6.75. The lowest BCUT2D eigenvalue weighted by atomic mass is 10.1. The SMILES string of the molecule is CCCCN(C)C(=NC)NCc1ccc(C)c(F)c1. The molecule has 0 aliphatic rings. The van der Waals surface area contributed by atoms with Crippen LogP contribution in [0.3, 0.4) is 0 Å². The molecule has 1 aromatic carbocycles. The fourth-order valence-electron chi connectivity index (χ4n) is 1.81. The fourth-order valence-corrected chi connectivity index (χ4v) is 1.81. The van der Waals surface area contributed by atoms with Crippen molar-refractivity contribution in [2.75, 3.05) is 20.6 Å². The quantitative estimate of drug-likeness (QED) is 0.655. The number of hydrogen-bond acceptors (Lipinski definition) is 1. The molecule has 0 unspecified atom stereocenters. The van der Waals surface area contributed by atoms with E-state index < -0.39 is 0 Å². The Labute approximate surface area is 115 Å². The number of hydrogen-bond donors (Lipinski definition) is 1. The van der Waals surface area contributed by atoms with Crippen molar-refractivity contribution in [1.29, 1.82) is 0 Å². The number of aryl methyl sites for hydroxylation is 1. The van der Waals surface area contributed by atoms with Crippen molar-refractivity contribution in [3.8, 4) is 0 Å². The Kier molecular flexibility index (Phi) is 6.33. The molecule has 0 aliphatic carbocycles. The summed E-state index contributed by atoms with van der Waals surface area (Å²) in [6.07, 6.45) is 2.29. The summed E-state index contributed by atoms with van der Waals surface area (Å²) in [5.74, 6) is 0.683. The summed E-state index contributed by atoms with van der Waals surface area (Å²) in [6.45, 7) is 5.49. The Bertz CT molecular complexity index is 429. The Hall–Kier alpha value is -1.58. The van der Waals surface area contributed by atoms with Crippen molar-refractivity contribution >= 4 is 5.96 Å². The zero-order valence-corrected chi connectivity index (χ0v) is 12.3. The minimum absolute atomic E-state index is 0.159. The van der Waals surface area contributed by atoms with Gasteiger partial charge in [0.25, 0.3) is 0 Å². The van der Waals surface area contributed by atoms with Gasteiger partial charge in [-0.15, -0.1) is 0 Å². The van der Waals surface area contributed by atoms with Gasteiger partial charge in [-0.2, -0.15) is 0 Å². The van der Waals surface area contributed by atoms with Gasteiger partial charge >= 0.3 is 0 Å². The largest absolute Gasteiger partial charge is 0.352 e. The van der Waals surface area contributed by atoms with Crippen molar-refractivity contribution in [2.24, 2.45) is 4.99 Å². The second kappa shape index (κ2) is 7.77. The van der Waals surface area contributed by atoms with Gasteiger partial charge in [0.2, 0.25) is 0 Å². The number of nitrogens with zero attached hydrogens (tertiary/aromatic N) is 2. The van der Waals surface area contributed by atoms with Crippen LogP contribution < -0.4 is 5.32 Å². The molecule has 0 spiro atoms. The van der Waals surface area contributed by atoms with E-state index in [1.807, 2.05) is 13.1 Å². The van der Waals surface area contributed by atoms with Crippen molar-refractivity contribution < 1.29 is 4.39 Å². The molecule has 19 heavy (non-hydrogen) atoms. The van der Waals surface area contributed by atoms with Crippen LogP contribution in [-0.4, -0.2) is 31.5 Å². The topological polar surface area (TPSA) is 27.6 Å². The lowest BCUT2D eigenvalue weighted by Crippen LogP contribution is -2.38. The van der Waals surface area contributed by atoms with Crippen LogP contribution in [0.5, 0.6) is 0 Å². The predicted octanol–water partition coefficient (Wildman–Crippen LogP) is 2.94. The van der Waals surface area contributed by atoms with Gasteiger partial charge in [-0.3, -0.25) is 4.99 Å². The highest BCUT2D eigenvalue weighted by Gasteiger charge is 2.05. The molecule has 4 heteroatoms. The molecule has 0 aliphatic heterocycles. The maximum Gasteiger partial charge on any atom is 0.193 e. The number of benzene rings is 1. The average molecular weight is 265 g/mol. The Balaban J connectivity index is 2.55. The zero-order chi connectivity index (χ0) is 14.3. The third-order valence-electron chi connectivity index (χ3n) is 3.11. The van der Waals surface area contributed by atoms with E-state index in [4.69, 9.17) is 0 Å². The second-order valence-corrected chi connectivity index (χ2v) is 4.76. The first-order valence-electron chi connectivity index (χ1n) is 6.75. The van der Waals surface area contributed by atoms with Crippen LogP contribution in [0.1, 0.15) is 30.9 Å². The summed E-state index contributed by atoms with van der Waals surface area (Å²) in [6, 6.07) is 5.31. The third-order valence-corrected chi connectivity index (χ3v) is 3.11. The summed E-state index contributed by atoms with van der Waals surface area (Å²) in [4.78, 5) is 6.32. The van der Waals surface area contributed by atoms with Crippen LogP contribution in [0.15, 0.2) is 23.2 Å². The van der Waals surface area contributed by atoms with Gasteiger partial charge < -0.3 is 10.2 Å². The smallest absolute Gasteiger partial charge is 0.193 e. The molecule has 0 aromatic heterocycles. The fraction of sp³-hybridized carbons (Fsp3) is 0.533. The Morgan fingerprint density at radius 1 is 1.42 bits per heavy atom. The van der Waals surface area contributed by atoms with Gasteiger partial charge in [-0.1, -0.05) is 25.5 Å². The number of nitrogens with one attached hydrogen (secondary N) is 1. The first-order chi connectivity index (χ1) is 9.08. The van der Waals surface area contributed by atoms with Gasteiger partial charge in [0.1, 0.15) is 5.82 Å². The standard InChI is InChI=1S/C15H24FN3/c1-5-6-9-19(4)15(17-3)18-11-13-8-7-12(2)14(16)10-13/h7-8,10H,5-6,9,11H2,1-4H3,(H,17,18). The molecule has 1 rings (SSSR count). The Morgan fingerprint density at radius 3 is 2.74 bits per heavy atom. The van der Waals surface area contributed by atoms with Crippen LogP contribution in [0.2, 0.25) is 0 Å². The van der Waals surface area contributed by atoms with E-state index in [-0.39, 0.29) is 5.82 Å². The summed E-state index contributed by atoms with van der Waals surface area (Å²) in [5.41, 5.74) is 1.60. The van der Waals surface area contributed by atoms with E-state index in [0.29, 0.717) is 12.1 Å². The van der Waals surface area contributed by atoms with Gasteiger partial charge in [0.15, 0.2) is 5.96 Å². The molecular weight excluding hydrogens is 241 g/mol. The molecule has 0 atom stereocenters. The summed E-state index contributed by atoms with van der Waals surface area (Å²) >= 11 is 0. The highest BCUT2D eigenvalue weighted by atomic mass is 19.1. The molecule has 0 fully saturated rings. The average Bonchev–Trinajstić information content (AvgIpc) is 2.41. The number of halogens is 1. The van der Waals surface area contributed by atoms with Gasteiger partial charge in [0, 0.05) is 27.2 Å². The van der Waals surface area contributed by atoms with Crippen molar-refractivity contribution in [1.82, 2.24) is 10.2 Å². The molecule has 0 saturated carbocycles. The molecular formula is C15H24FN3. The summed E-state index contributed by atoms with van der Waals surface area (Å²) < 4.78 is 13.4. The normalized spacial score (nSPS) is 11.5. The van der Waals surface area contributed by atoms with E-state index in [1.165, 1.54) is 0 Å². The highest BCUT2D eigenvalue weighted by molar-refractivity contribution is 5.79. The number of unbranched alkanes of at least 4 members (excludes halogenated alkanes) is 1. The number of guanidine groups is 1. The molecule has 0 saturated heterocycles. The summed E-state index contributed by atoms with van der Waals surface area (Å²) in [5, 5.41) is 3.25. The number of aliphatic imine (C=N–C) groups is 1. The molecule has 1 aromatic rings. The number of rotatable bonds is 5. The minimum atomic E-state index is -0.159. The van der Waals surface area contributed by atoms with Crippen molar-refractivity contribution in [3.05, 3.63) is 35.1 Å². The molecule has 106 valence electrons. The summed E-state index contributed by atoms with van der Waals surface area (Å²) in [7, 11) is 3.78. The van der Waals surface area contributed by atoms with Crippen molar-refractivity contribution in [2.45, 2.75) is 33.2 Å². The molecule has 0 heterocycles. The van der Waals surface area contributed by atoms with Gasteiger partial charge in [0.05, 0.1) is 0 Å². The lowest BCUT2D eigenvalue weighted by Gasteiger charge is -2.21. The van der Waals surface area contributed by atoms with E-state index >= 15 is 0 Å². The zero-order valence-electron chi connectivity index (χ0n) is 12.3. The van der Waals surface area contributed by atoms with E-state index in [0.717, 1.165) is 30.9 Å². The van der Waals surface area contributed by atoms with E-state index in [1.54, 1.807) is 26.1 Å². The van der Waals surface area contributed by atoms with Crippen molar-refractivity contribution in [3.63, 3.8) is 0 Å². The molecule has 0 radical (unpaired) electrons.